The average molecular weight is 435 g/mol. The second-order valence-electron chi connectivity index (χ2n) is 9.44. The number of nitrogens with one attached hydrogen (secondary N) is 1. The summed E-state index contributed by atoms with van der Waals surface area (Å²) in [5.41, 5.74) is 3.01. The Kier molecular flexibility index (Phi) is 5.33. The van der Waals surface area contributed by atoms with Crippen molar-refractivity contribution in [3.8, 4) is 0 Å². The molecule has 5 rings (SSSR count). The number of rotatable bonds is 6. The number of hydrogen-bond donors (Lipinski definition) is 1. The lowest BCUT2D eigenvalue weighted by atomic mass is 9.80. The molecular formula is C24H30N6O2. The maximum atomic E-state index is 12.8. The highest BCUT2D eigenvalue weighted by atomic mass is 16.5. The second-order valence-corrected chi connectivity index (χ2v) is 9.44. The van der Waals surface area contributed by atoms with Gasteiger partial charge in [0, 0.05) is 31.4 Å². The Hall–Kier alpha value is -3.00. The van der Waals surface area contributed by atoms with Gasteiger partial charge in [0.15, 0.2) is 5.82 Å². The number of hydrogen-bond acceptors (Lipinski definition) is 6. The second kappa shape index (κ2) is 8.16. The molecule has 1 aliphatic heterocycles. The monoisotopic (exact) mass is 434 g/mol. The molecule has 1 N–H and O–H groups in total. The van der Waals surface area contributed by atoms with Crippen molar-refractivity contribution in [1.29, 1.82) is 0 Å². The predicted molar refractivity (Wildman–Crippen MR) is 119 cm³/mol. The topological polar surface area (TPSA) is 89.1 Å². The lowest BCUT2D eigenvalue weighted by molar-refractivity contribution is -0.122. The van der Waals surface area contributed by atoms with E-state index >= 15 is 0 Å². The van der Waals surface area contributed by atoms with Crippen molar-refractivity contribution >= 4 is 5.91 Å². The Morgan fingerprint density at radius 1 is 1.25 bits per heavy atom. The summed E-state index contributed by atoms with van der Waals surface area (Å²) >= 11 is 0. The molecule has 2 aliphatic rings. The van der Waals surface area contributed by atoms with Crippen LogP contribution < -0.4 is 5.32 Å². The molecule has 1 aliphatic carbocycles. The highest BCUT2D eigenvalue weighted by Gasteiger charge is 2.57. The van der Waals surface area contributed by atoms with E-state index in [-0.39, 0.29) is 23.9 Å². The van der Waals surface area contributed by atoms with E-state index in [2.05, 4.69) is 49.7 Å². The van der Waals surface area contributed by atoms with E-state index in [1.54, 1.807) is 4.68 Å². The van der Waals surface area contributed by atoms with Gasteiger partial charge >= 0.3 is 0 Å². The molecule has 1 amide bonds. The van der Waals surface area contributed by atoms with E-state index in [9.17, 15) is 4.79 Å². The Labute approximate surface area is 188 Å². The van der Waals surface area contributed by atoms with Gasteiger partial charge in [-0.1, -0.05) is 35.5 Å². The first-order chi connectivity index (χ1) is 15.4. The molecule has 3 atom stereocenters. The van der Waals surface area contributed by atoms with Gasteiger partial charge in [-0.05, 0) is 51.2 Å². The van der Waals surface area contributed by atoms with Crippen LogP contribution in [0.3, 0.4) is 0 Å². The van der Waals surface area contributed by atoms with Crippen LogP contribution in [-0.2, 0) is 23.3 Å². The Morgan fingerprint density at radius 3 is 2.75 bits per heavy atom. The largest absolute Gasteiger partial charge is 0.352 e. The standard InChI is InChI=1S/C24H30N6O2/c1-16-9-17(2)30(27-16)14-22(31)26-21-10-20-13-29(12-19-7-5-4-6-8-19)15-24(20,11-21)23-25-18(3)28-32-23/h4-9,20-21H,10-15H2,1-3H3,(H,26,31)/t20-,21+,24-/m0/s1. The highest BCUT2D eigenvalue weighted by Crippen LogP contribution is 2.50. The number of aromatic nitrogens is 4. The molecule has 3 heterocycles. The third kappa shape index (κ3) is 3.95. The van der Waals surface area contributed by atoms with Gasteiger partial charge in [0.05, 0.1) is 11.1 Å². The molecule has 2 aromatic heterocycles. The number of aryl methyl sites for hydroxylation is 3. The molecular weight excluding hydrogens is 404 g/mol. The molecule has 32 heavy (non-hydrogen) atoms. The van der Waals surface area contributed by atoms with Gasteiger partial charge in [0.25, 0.3) is 0 Å². The van der Waals surface area contributed by atoms with Gasteiger partial charge < -0.3 is 9.84 Å². The maximum Gasteiger partial charge on any atom is 0.241 e. The van der Waals surface area contributed by atoms with Crippen LogP contribution in [-0.4, -0.2) is 49.9 Å². The zero-order valence-electron chi connectivity index (χ0n) is 18.9. The summed E-state index contributed by atoms with van der Waals surface area (Å²) in [6.45, 7) is 8.74. The van der Waals surface area contributed by atoms with E-state index in [4.69, 9.17) is 4.52 Å². The number of carbonyl (C=O) groups is 1. The summed E-state index contributed by atoms with van der Waals surface area (Å²) in [7, 11) is 0. The van der Waals surface area contributed by atoms with Crippen molar-refractivity contribution in [2.75, 3.05) is 13.1 Å². The van der Waals surface area contributed by atoms with Crippen molar-refractivity contribution in [3.05, 3.63) is 65.1 Å². The van der Waals surface area contributed by atoms with Gasteiger partial charge in [-0.2, -0.15) is 10.1 Å². The molecule has 0 bridgehead atoms. The molecule has 0 radical (unpaired) electrons. The van der Waals surface area contributed by atoms with Crippen LogP contribution in [0.2, 0.25) is 0 Å². The minimum Gasteiger partial charge on any atom is -0.352 e. The first kappa shape index (κ1) is 20.9. The number of nitrogens with zero attached hydrogens (tertiary/aromatic N) is 5. The van der Waals surface area contributed by atoms with Crippen molar-refractivity contribution in [2.45, 2.75) is 58.2 Å². The van der Waals surface area contributed by atoms with Gasteiger partial charge in [-0.3, -0.25) is 14.4 Å². The van der Waals surface area contributed by atoms with E-state index < -0.39 is 0 Å². The fourth-order valence-electron chi connectivity index (χ4n) is 5.62. The Balaban J connectivity index is 1.30. The lowest BCUT2D eigenvalue weighted by Crippen LogP contribution is -2.39. The lowest BCUT2D eigenvalue weighted by Gasteiger charge is -2.25. The van der Waals surface area contributed by atoms with Crippen molar-refractivity contribution in [3.63, 3.8) is 0 Å². The minimum absolute atomic E-state index is 0.000764. The van der Waals surface area contributed by atoms with E-state index in [1.807, 2.05) is 32.9 Å². The highest BCUT2D eigenvalue weighted by molar-refractivity contribution is 5.76. The average Bonchev–Trinajstić information content (AvgIpc) is 3.46. The van der Waals surface area contributed by atoms with Crippen molar-refractivity contribution < 1.29 is 9.32 Å². The summed E-state index contributed by atoms with van der Waals surface area (Å²) in [4.78, 5) is 19.9. The quantitative estimate of drug-likeness (QED) is 0.641. The van der Waals surface area contributed by atoms with Crippen LogP contribution in [0.4, 0.5) is 0 Å². The van der Waals surface area contributed by atoms with Gasteiger partial charge in [-0.25, -0.2) is 0 Å². The first-order valence-corrected chi connectivity index (χ1v) is 11.3. The van der Waals surface area contributed by atoms with Gasteiger partial charge in [-0.15, -0.1) is 0 Å². The normalized spacial score (nSPS) is 25.2. The summed E-state index contributed by atoms with van der Waals surface area (Å²) in [5, 5.41) is 11.7. The predicted octanol–water partition coefficient (Wildman–Crippen LogP) is 2.54. The van der Waals surface area contributed by atoms with Gasteiger partial charge in [0.1, 0.15) is 6.54 Å². The number of carbonyl (C=O) groups excluding carboxylic acids is 1. The molecule has 1 saturated carbocycles. The first-order valence-electron chi connectivity index (χ1n) is 11.3. The van der Waals surface area contributed by atoms with Crippen LogP contribution in [0.25, 0.3) is 0 Å². The minimum atomic E-state index is -0.216. The van der Waals surface area contributed by atoms with Crippen molar-refractivity contribution in [2.24, 2.45) is 5.92 Å². The molecule has 0 unspecified atom stereocenters. The van der Waals surface area contributed by atoms with E-state index in [0.717, 1.165) is 43.9 Å². The molecule has 168 valence electrons. The Bertz CT molecular complexity index is 1110. The third-order valence-electron chi connectivity index (χ3n) is 6.91. The zero-order chi connectivity index (χ0) is 22.3. The van der Waals surface area contributed by atoms with Crippen LogP contribution in [0.15, 0.2) is 40.9 Å². The smallest absolute Gasteiger partial charge is 0.241 e. The number of fused-ring (bicyclic) bond motifs is 1. The SMILES string of the molecule is Cc1cc(C)n(CC(=O)N[C@@H]2C[C@H]3CN(Cc4ccccc4)C[C@@]3(c3nc(C)no3)C2)n1. The van der Waals surface area contributed by atoms with Crippen molar-refractivity contribution in [1.82, 2.24) is 30.1 Å². The third-order valence-corrected chi connectivity index (χ3v) is 6.91. The molecule has 2 fully saturated rings. The van der Waals surface area contributed by atoms with E-state index in [0.29, 0.717) is 17.6 Å². The van der Waals surface area contributed by atoms with E-state index in [1.165, 1.54) is 5.56 Å². The van der Waals surface area contributed by atoms with Crippen LogP contribution in [0.1, 0.15) is 41.5 Å². The molecule has 0 spiro atoms. The Morgan fingerprint density at radius 2 is 2.06 bits per heavy atom. The van der Waals surface area contributed by atoms with Crippen LogP contribution >= 0.6 is 0 Å². The summed E-state index contributed by atoms with van der Waals surface area (Å²) < 4.78 is 7.47. The summed E-state index contributed by atoms with van der Waals surface area (Å²) in [5.74, 6) is 1.74. The number of benzene rings is 1. The number of likely N-dealkylation sites (tertiary alicyclic amines) is 1. The zero-order valence-corrected chi connectivity index (χ0v) is 18.9. The molecule has 8 nitrogen and oxygen atoms in total. The van der Waals surface area contributed by atoms with Gasteiger partial charge in [0.2, 0.25) is 11.8 Å². The molecule has 3 aromatic rings. The fourth-order valence-corrected chi connectivity index (χ4v) is 5.62. The maximum absolute atomic E-state index is 12.8. The summed E-state index contributed by atoms with van der Waals surface area (Å²) in [6, 6.07) is 12.6. The number of amides is 1. The molecule has 1 aromatic carbocycles. The van der Waals surface area contributed by atoms with Crippen LogP contribution in [0, 0.1) is 26.7 Å². The molecule has 8 heteroatoms. The summed E-state index contributed by atoms with van der Waals surface area (Å²) in [6.07, 6.45) is 1.73. The molecule has 1 saturated heterocycles. The van der Waals surface area contributed by atoms with Crippen LogP contribution in [0.5, 0.6) is 0 Å². The fraction of sp³-hybridized carbons (Fsp3) is 0.500.